The van der Waals surface area contributed by atoms with Crippen molar-refractivity contribution >= 4 is 5.82 Å². The van der Waals surface area contributed by atoms with Gasteiger partial charge in [0, 0.05) is 12.2 Å². The minimum Gasteiger partial charge on any atom is -0.367 e. The zero-order valence-corrected chi connectivity index (χ0v) is 9.53. The molecule has 0 radical (unpaired) electrons. The summed E-state index contributed by atoms with van der Waals surface area (Å²) in [5, 5.41) is 3.49. The maximum Gasteiger partial charge on any atom is 0.126 e. The summed E-state index contributed by atoms with van der Waals surface area (Å²) >= 11 is 0. The number of nitrogens with zero attached hydrogens (tertiary/aromatic N) is 2. The summed E-state index contributed by atoms with van der Waals surface area (Å²) in [4.78, 5) is 6.74. The summed E-state index contributed by atoms with van der Waals surface area (Å²) in [7, 11) is 2.18. The van der Waals surface area contributed by atoms with Gasteiger partial charge in [0.1, 0.15) is 5.82 Å². The SMILES string of the molecule is Cc1ccc(NC2CCN(C)CC2)nc1. The molecule has 3 heteroatoms. The van der Waals surface area contributed by atoms with E-state index in [2.05, 4.69) is 41.3 Å². The molecular weight excluding hydrogens is 186 g/mol. The van der Waals surface area contributed by atoms with Gasteiger partial charge in [0.2, 0.25) is 0 Å². The minimum absolute atomic E-state index is 0.594. The molecule has 1 aliphatic rings. The highest BCUT2D eigenvalue weighted by molar-refractivity contribution is 5.36. The molecule has 3 nitrogen and oxygen atoms in total. The van der Waals surface area contributed by atoms with Crippen LogP contribution in [0.2, 0.25) is 0 Å². The normalized spacial score (nSPS) is 19.1. The number of aromatic nitrogens is 1. The molecule has 0 aliphatic carbocycles. The Kier molecular flexibility index (Phi) is 3.21. The molecule has 0 amide bonds. The Balaban J connectivity index is 1.89. The van der Waals surface area contributed by atoms with Crippen LogP contribution in [0.25, 0.3) is 0 Å². The number of likely N-dealkylation sites (tertiary alicyclic amines) is 1. The van der Waals surface area contributed by atoms with Crippen LogP contribution < -0.4 is 5.32 Å². The fourth-order valence-electron chi connectivity index (χ4n) is 1.92. The second-order valence-electron chi connectivity index (χ2n) is 4.44. The van der Waals surface area contributed by atoms with Crippen molar-refractivity contribution in [2.75, 3.05) is 25.5 Å². The van der Waals surface area contributed by atoms with Gasteiger partial charge in [-0.2, -0.15) is 0 Å². The maximum absolute atomic E-state index is 4.37. The van der Waals surface area contributed by atoms with Gasteiger partial charge in [-0.05, 0) is 51.5 Å². The van der Waals surface area contributed by atoms with Gasteiger partial charge in [0.05, 0.1) is 0 Å². The molecule has 0 bridgehead atoms. The van der Waals surface area contributed by atoms with Gasteiger partial charge in [0.25, 0.3) is 0 Å². The number of nitrogens with one attached hydrogen (secondary N) is 1. The Morgan fingerprint density at radius 2 is 2.07 bits per heavy atom. The van der Waals surface area contributed by atoms with Crippen molar-refractivity contribution in [3.8, 4) is 0 Å². The molecule has 82 valence electrons. The molecule has 2 rings (SSSR count). The largest absolute Gasteiger partial charge is 0.367 e. The van der Waals surface area contributed by atoms with Crippen LogP contribution in [0.4, 0.5) is 5.82 Å². The standard InChI is InChI=1S/C12H19N3/c1-10-3-4-12(13-9-10)14-11-5-7-15(2)8-6-11/h3-4,9,11H,5-8H2,1-2H3,(H,13,14). The number of hydrogen-bond acceptors (Lipinski definition) is 3. The first kappa shape index (κ1) is 10.4. The Bertz CT molecular complexity index is 299. The fourth-order valence-corrected chi connectivity index (χ4v) is 1.92. The van der Waals surface area contributed by atoms with E-state index in [-0.39, 0.29) is 0 Å². The molecule has 0 spiro atoms. The van der Waals surface area contributed by atoms with Crippen molar-refractivity contribution in [1.29, 1.82) is 0 Å². The summed E-state index contributed by atoms with van der Waals surface area (Å²) in [6.07, 6.45) is 4.34. The lowest BCUT2D eigenvalue weighted by atomic mass is 10.1. The summed E-state index contributed by atoms with van der Waals surface area (Å²) in [6, 6.07) is 4.76. The number of piperidine rings is 1. The van der Waals surface area contributed by atoms with Crippen molar-refractivity contribution < 1.29 is 0 Å². The van der Waals surface area contributed by atoms with Crippen LogP contribution in [0.15, 0.2) is 18.3 Å². The van der Waals surface area contributed by atoms with Crippen LogP contribution in [0.1, 0.15) is 18.4 Å². The van der Waals surface area contributed by atoms with Crippen LogP contribution in [0.5, 0.6) is 0 Å². The average Bonchev–Trinajstić information content (AvgIpc) is 2.25. The first-order valence-corrected chi connectivity index (χ1v) is 5.62. The quantitative estimate of drug-likeness (QED) is 0.799. The molecule has 1 N–H and O–H groups in total. The van der Waals surface area contributed by atoms with Crippen molar-refractivity contribution in [2.24, 2.45) is 0 Å². The molecule has 1 aliphatic heterocycles. The number of hydrogen-bond donors (Lipinski definition) is 1. The molecule has 0 atom stereocenters. The zero-order chi connectivity index (χ0) is 10.7. The van der Waals surface area contributed by atoms with Crippen LogP contribution in [-0.2, 0) is 0 Å². The maximum atomic E-state index is 4.37. The van der Waals surface area contributed by atoms with E-state index in [9.17, 15) is 0 Å². The topological polar surface area (TPSA) is 28.2 Å². The van der Waals surface area contributed by atoms with E-state index in [0.717, 1.165) is 5.82 Å². The third-order valence-corrected chi connectivity index (χ3v) is 2.98. The van der Waals surface area contributed by atoms with E-state index in [1.165, 1.54) is 31.5 Å². The summed E-state index contributed by atoms with van der Waals surface area (Å²) < 4.78 is 0. The summed E-state index contributed by atoms with van der Waals surface area (Å²) in [5.74, 6) is 1.01. The lowest BCUT2D eigenvalue weighted by Gasteiger charge is -2.29. The molecule has 0 unspecified atom stereocenters. The van der Waals surface area contributed by atoms with E-state index in [4.69, 9.17) is 0 Å². The number of pyridine rings is 1. The van der Waals surface area contributed by atoms with Gasteiger partial charge in [-0.3, -0.25) is 0 Å². The highest BCUT2D eigenvalue weighted by Gasteiger charge is 2.16. The molecule has 1 saturated heterocycles. The highest BCUT2D eigenvalue weighted by Crippen LogP contribution is 2.14. The molecule has 2 heterocycles. The van der Waals surface area contributed by atoms with Crippen LogP contribution in [0, 0.1) is 6.92 Å². The zero-order valence-electron chi connectivity index (χ0n) is 9.53. The van der Waals surface area contributed by atoms with Crippen molar-refractivity contribution in [2.45, 2.75) is 25.8 Å². The third-order valence-electron chi connectivity index (χ3n) is 2.98. The molecule has 0 saturated carbocycles. The van der Waals surface area contributed by atoms with Crippen LogP contribution >= 0.6 is 0 Å². The molecule has 15 heavy (non-hydrogen) atoms. The predicted molar refractivity (Wildman–Crippen MR) is 63.1 cm³/mol. The smallest absolute Gasteiger partial charge is 0.126 e. The first-order chi connectivity index (χ1) is 7.24. The second-order valence-corrected chi connectivity index (χ2v) is 4.44. The number of anilines is 1. The molecule has 0 aromatic carbocycles. The number of aryl methyl sites for hydroxylation is 1. The van der Waals surface area contributed by atoms with Crippen molar-refractivity contribution in [3.05, 3.63) is 23.9 Å². The van der Waals surface area contributed by atoms with Gasteiger partial charge in [0.15, 0.2) is 0 Å². The molecular formula is C12H19N3. The van der Waals surface area contributed by atoms with Gasteiger partial charge in [-0.1, -0.05) is 6.07 Å². The van der Waals surface area contributed by atoms with Gasteiger partial charge in [-0.15, -0.1) is 0 Å². The van der Waals surface area contributed by atoms with E-state index in [1.54, 1.807) is 0 Å². The van der Waals surface area contributed by atoms with Gasteiger partial charge < -0.3 is 10.2 Å². The second kappa shape index (κ2) is 4.62. The minimum atomic E-state index is 0.594. The van der Waals surface area contributed by atoms with Gasteiger partial charge in [-0.25, -0.2) is 4.98 Å². The Morgan fingerprint density at radius 3 is 2.67 bits per heavy atom. The third kappa shape index (κ3) is 2.93. The molecule has 1 aromatic heterocycles. The number of rotatable bonds is 2. The summed E-state index contributed by atoms with van der Waals surface area (Å²) in [5.41, 5.74) is 1.21. The molecule has 1 fully saturated rings. The lowest BCUT2D eigenvalue weighted by Crippen LogP contribution is -2.36. The highest BCUT2D eigenvalue weighted by atomic mass is 15.1. The van der Waals surface area contributed by atoms with Crippen LogP contribution in [-0.4, -0.2) is 36.1 Å². The van der Waals surface area contributed by atoms with E-state index in [1.807, 2.05) is 6.20 Å². The Labute approximate surface area is 91.5 Å². The predicted octanol–water partition coefficient (Wildman–Crippen LogP) is 1.90. The van der Waals surface area contributed by atoms with Gasteiger partial charge >= 0.3 is 0 Å². The van der Waals surface area contributed by atoms with Crippen molar-refractivity contribution in [3.63, 3.8) is 0 Å². The Morgan fingerprint density at radius 1 is 1.33 bits per heavy atom. The van der Waals surface area contributed by atoms with Crippen molar-refractivity contribution in [1.82, 2.24) is 9.88 Å². The lowest BCUT2D eigenvalue weighted by molar-refractivity contribution is 0.263. The van der Waals surface area contributed by atoms with E-state index >= 15 is 0 Å². The average molecular weight is 205 g/mol. The van der Waals surface area contributed by atoms with Crippen LogP contribution in [0.3, 0.4) is 0 Å². The molecule has 1 aromatic rings. The fraction of sp³-hybridized carbons (Fsp3) is 0.583. The van der Waals surface area contributed by atoms with E-state index in [0.29, 0.717) is 6.04 Å². The van der Waals surface area contributed by atoms with E-state index < -0.39 is 0 Å². The monoisotopic (exact) mass is 205 g/mol. The summed E-state index contributed by atoms with van der Waals surface area (Å²) in [6.45, 7) is 4.43. The Hall–Kier alpha value is -1.09. The first-order valence-electron chi connectivity index (χ1n) is 5.62.